The molecule has 90 valence electrons. The van der Waals surface area contributed by atoms with Crippen LogP contribution < -0.4 is 11.3 Å². The van der Waals surface area contributed by atoms with E-state index in [-0.39, 0.29) is 12.1 Å². The molecule has 0 spiro atoms. The molecule has 0 saturated carbocycles. The van der Waals surface area contributed by atoms with Crippen LogP contribution in [-0.2, 0) is 4.74 Å². The van der Waals surface area contributed by atoms with Gasteiger partial charge < -0.3 is 4.74 Å². The number of hydrogen-bond donors (Lipinski definition) is 2. The van der Waals surface area contributed by atoms with E-state index in [9.17, 15) is 0 Å². The first-order chi connectivity index (χ1) is 8.26. The lowest BCUT2D eigenvalue weighted by atomic mass is 10.0. The summed E-state index contributed by atoms with van der Waals surface area (Å²) in [6, 6.07) is 10.1. The largest absolute Gasteiger partial charge is 0.380 e. The maximum atomic E-state index is 5.57. The highest BCUT2D eigenvalue weighted by molar-refractivity contribution is 5.79. The lowest BCUT2D eigenvalue weighted by molar-refractivity contribution is 0.0831. The van der Waals surface area contributed by atoms with Crippen molar-refractivity contribution >= 4 is 10.9 Å². The van der Waals surface area contributed by atoms with Crippen LogP contribution in [0.5, 0.6) is 0 Å². The fourth-order valence-electron chi connectivity index (χ4n) is 1.92. The van der Waals surface area contributed by atoms with E-state index in [1.54, 1.807) is 13.3 Å². The van der Waals surface area contributed by atoms with Crippen molar-refractivity contribution in [1.82, 2.24) is 10.4 Å². The van der Waals surface area contributed by atoms with Gasteiger partial charge in [0.15, 0.2) is 0 Å². The molecule has 2 aromatic rings. The van der Waals surface area contributed by atoms with Gasteiger partial charge in [-0.15, -0.1) is 0 Å². The summed E-state index contributed by atoms with van der Waals surface area (Å²) in [5, 5.41) is 1.12. The minimum absolute atomic E-state index is 0.00108. The van der Waals surface area contributed by atoms with Crippen molar-refractivity contribution in [2.45, 2.75) is 19.1 Å². The first kappa shape index (κ1) is 12.0. The van der Waals surface area contributed by atoms with Crippen LogP contribution in [0.2, 0.25) is 0 Å². The van der Waals surface area contributed by atoms with E-state index < -0.39 is 0 Å². The normalized spacial score (nSPS) is 14.8. The number of ether oxygens (including phenoxy) is 1. The molecule has 1 aromatic heterocycles. The van der Waals surface area contributed by atoms with E-state index in [0.29, 0.717) is 0 Å². The summed E-state index contributed by atoms with van der Waals surface area (Å²) in [6.07, 6.45) is 1.79. The molecule has 0 saturated heterocycles. The van der Waals surface area contributed by atoms with Crippen molar-refractivity contribution in [3.05, 3.63) is 42.1 Å². The molecule has 4 nitrogen and oxygen atoms in total. The zero-order valence-corrected chi connectivity index (χ0v) is 10.1. The Kier molecular flexibility index (Phi) is 3.68. The zero-order chi connectivity index (χ0) is 12.3. The van der Waals surface area contributed by atoms with Crippen molar-refractivity contribution in [1.29, 1.82) is 0 Å². The average molecular weight is 231 g/mol. The SMILES string of the molecule is COC(C)C(NN)c1ccc2cccnc2c1. The van der Waals surface area contributed by atoms with Crippen LogP contribution >= 0.6 is 0 Å². The Labute approximate surface area is 101 Å². The summed E-state index contributed by atoms with van der Waals surface area (Å²) in [4.78, 5) is 4.33. The van der Waals surface area contributed by atoms with E-state index in [0.717, 1.165) is 16.5 Å². The Balaban J connectivity index is 2.40. The second-order valence-corrected chi connectivity index (χ2v) is 4.04. The summed E-state index contributed by atoms with van der Waals surface area (Å²) < 4.78 is 5.31. The molecule has 0 fully saturated rings. The lowest BCUT2D eigenvalue weighted by Gasteiger charge is -2.22. The summed E-state index contributed by atoms with van der Waals surface area (Å²) in [7, 11) is 1.67. The minimum Gasteiger partial charge on any atom is -0.380 e. The van der Waals surface area contributed by atoms with Gasteiger partial charge in [-0.1, -0.05) is 18.2 Å². The highest BCUT2D eigenvalue weighted by Gasteiger charge is 2.17. The van der Waals surface area contributed by atoms with Crippen molar-refractivity contribution in [3.63, 3.8) is 0 Å². The molecule has 3 N–H and O–H groups in total. The number of methoxy groups -OCH3 is 1. The summed E-state index contributed by atoms with van der Waals surface area (Å²) >= 11 is 0. The maximum Gasteiger partial charge on any atom is 0.0750 e. The molecule has 1 aromatic carbocycles. The third-order valence-corrected chi connectivity index (χ3v) is 3.01. The molecular formula is C13H17N3O. The quantitative estimate of drug-likeness (QED) is 0.622. The molecule has 0 amide bonds. The summed E-state index contributed by atoms with van der Waals surface area (Å²) in [5.41, 5.74) is 4.82. The number of nitrogens with two attached hydrogens (primary N) is 1. The van der Waals surface area contributed by atoms with Gasteiger partial charge in [-0.05, 0) is 24.6 Å². The van der Waals surface area contributed by atoms with Crippen LogP contribution in [0.4, 0.5) is 0 Å². The molecule has 4 heteroatoms. The fourth-order valence-corrected chi connectivity index (χ4v) is 1.92. The minimum atomic E-state index is -0.0357. The molecule has 2 unspecified atom stereocenters. The van der Waals surface area contributed by atoms with Crippen LogP contribution in [0, 0.1) is 0 Å². The lowest BCUT2D eigenvalue weighted by Crippen LogP contribution is -2.36. The number of hydrazine groups is 1. The van der Waals surface area contributed by atoms with Gasteiger partial charge in [-0.25, -0.2) is 0 Å². The van der Waals surface area contributed by atoms with Crippen LogP contribution in [-0.4, -0.2) is 18.2 Å². The topological polar surface area (TPSA) is 60.2 Å². The number of aromatic nitrogens is 1. The van der Waals surface area contributed by atoms with Crippen LogP contribution in [0.3, 0.4) is 0 Å². The molecule has 1 heterocycles. The molecule has 0 radical (unpaired) electrons. The van der Waals surface area contributed by atoms with Gasteiger partial charge >= 0.3 is 0 Å². The fraction of sp³-hybridized carbons (Fsp3) is 0.308. The van der Waals surface area contributed by atoms with Gasteiger partial charge in [-0.2, -0.15) is 0 Å². The second-order valence-electron chi connectivity index (χ2n) is 4.04. The molecule has 0 aliphatic rings. The number of rotatable bonds is 4. The van der Waals surface area contributed by atoms with Crippen LogP contribution in [0.15, 0.2) is 36.5 Å². The average Bonchev–Trinajstić information content (AvgIpc) is 2.39. The smallest absolute Gasteiger partial charge is 0.0750 e. The standard InChI is InChI=1S/C13H17N3O/c1-9(17-2)13(16-14)11-6-5-10-4-3-7-15-12(10)8-11/h3-9,13,16H,14H2,1-2H3. The number of benzene rings is 1. The van der Waals surface area contributed by atoms with E-state index in [2.05, 4.69) is 10.4 Å². The Morgan fingerprint density at radius 2 is 2.18 bits per heavy atom. The molecule has 0 bridgehead atoms. The number of fused-ring (bicyclic) bond motifs is 1. The summed E-state index contributed by atoms with van der Waals surface area (Å²) in [5.74, 6) is 5.57. The highest BCUT2D eigenvalue weighted by Crippen LogP contribution is 2.21. The number of pyridine rings is 1. The van der Waals surface area contributed by atoms with Gasteiger partial charge in [0.25, 0.3) is 0 Å². The molecule has 0 aliphatic carbocycles. The third kappa shape index (κ3) is 2.44. The predicted octanol–water partition coefficient (Wildman–Crippen LogP) is 1.77. The van der Waals surface area contributed by atoms with Crippen molar-refractivity contribution < 1.29 is 4.74 Å². The monoisotopic (exact) mass is 231 g/mol. The summed E-state index contributed by atoms with van der Waals surface area (Å²) in [6.45, 7) is 1.98. The first-order valence-electron chi connectivity index (χ1n) is 5.60. The number of nitrogens with zero attached hydrogens (tertiary/aromatic N) is 1. The molecule has 17 heavy (non-hydrogen) atoms. The number of hydrogen-bond acceptors (Lipinski definition) is 4. The Bertz CT molecular complexity index is 501. The van der Waals surface area contributed by atoms with Gasteiger partial charge in [0.2, 0.25) is 0 Å². The third-order valence-electron chi connectivity index (χ3n) is 3.01. The Morgan fingerprint density at radius 3 is 2.88 bits per heavy atom. The molecule has 2 rings (SSSR count). The van der Waals surface area contributed by atoms with Crippen molar-refractivity contribution in [3.8, 4) is 0 Å². The van der Waals surface area contributed by atoms with E-state index in [1.165, 1.54) is 0 Å². The maximum absolute atomic E-state index is 5.57. The highest BCUT2D eigenvalue weighted by atomic mass is 16.5. The van der Waals surface area contributed by atoms with Crippen LogP contribution in [0.1, 0.15) is 18.5 Å². The van der Waals surface area contributed by atoms with Crippen molar-refractivity contribution in [2.24, 2.45) is 5.84 Å². The van der Waals surface area contributed by atoms with E-state index in [4.69, 9.17) is 10.6 Å². The Hall–Kier alpha value is -1.49. The van der Waals surface area contributed by atoms with Gasteiger partial charge in [-0.3, -0.25) is 16.3 Å². The van der Waals surface area contributed by atoms with Gasteiger partial charge in [0.1, 0.15) is 0 Å². The van der Waals surface area contributed by atoms with Gasteiger partial charge in [0.05, 0.1) is 17.7 Å². The zero-order valence-electron chi connectivity index (χ0n) is 10.1. The van der Waals surface area contributed by atoms with Gasteiger partial charge in [0, 0.05) is 18.7 Å². The van der Waals surface area contributed by atoms with Crippen molar-refractivity contribution in [2.75, 3.05) is 7.11 Å². The Morgan fingerprint density at radius 1 is 1.35 bits per heavy atom. The first-order valence-corrected chi connectivity index (χ1v) is 5.60. The second kappa shape index (κ2) is 5.23. The molecular weight excluding hydrogens is 214 g/mol. The number of nitrogens with one attached hydrogen (secondary N) is 1. The van der Waals surface area contributed by atoms with E-state index in [1.807, 2.05) is 37.3 Å². The van der Waals surface area contributed by atoms with Crippen LogP contribution in [0.25, 0.3) is 10.9 Å². The molecule has 2 atom stereocenters. The van der Waals surface area contributed by atoms with E-state index >= 15 is 0 Å². The molecule has 0 aliphatic heterocycles. The predicted molar refractivity (Wildman–Crippen MR) is 68.3 cm³/mol.